The fourth-order valence-electron chi connectivity index (χ4n) is 10.4. The minimum Gasteiger partial charge on any atom is -0.396 e. The number of nitrogens with one attached hydrogen (secondary N) is 2. The van der Waals surface area contributed by atoms with Gasteiger partial charge < -0.3 is 39.8 Å². The first-order valence-corrected chi connectivity index (χ1v) is 23.6. The van der Waals surface area contributed by atoms with Crippen LogP contribution in [0, 0.1) is 25.7 Å². The number of morpholine rings is 2. The molecular weight excluding hydrogens is 943 g/mol. The van der Waals surface area contributed by atoms with E-state index in [9.17, 15) is 41.0 Å². The van der Waals surface area contributed by atoms with Crippen LogP contribution >= 0.6 is 0 Å². The number of nitrogens with zero attached hydrogens (tertiary/aromatic N) is 4. The second-order valence-corrected chi connectivity index (χ2v) is 18.8. The van der Waals surface area contributed by atoms with Crippen LogP contribution in [0.1, 0.15) is 54.4 Å². The van der Waals surface area contributed by atoms with Gasteiger partial charge in [0, 0.05) is 71.3 Å². The number of aromatic nitrogens is 2. The number of fused-ring (bicyclic) bond motifs is 6. The predicted molar refractivity (Wildman–Crippen MR) is 258 cm³/mol. The molecule has 0 spiro atoms. The number of hydrogen-bond acceptors (Lipinski definition) is 10. The minimum absolute atomic E-state index is 0.00870. The summed E-state index contributed by atoms with van der Waals surface area (Å²) in [5.41, 5.74) is 7.85. The Labute approximate surface area is 411 Å². The van der Waals surface area contributed by atoms with Crippen molar-refractivity contribution in [2.24, 2.45) is 11.8 Å². The Morgan fingerprint density at radius 2 is 1.21 bits per heavy atom. The average Bonchev–Trinajstić information content (AvgIpc) is 3.38. The lowest BCUT2D eigenvalue weighted by molar-refractivity contribution is -0.168. The summed E-state index contributed by atoms with van der Waals surface area (Å²) in [6, 6.07) is 27.0. The number of benzene rings is 4. The molecule has 72 heavy (non-hydrogen) atoms. The first-order valence-electron chi connectivity index (χ1n) is 23.6. The van der Waals surface area contributed by atoms with Crippen LogP contribution in [0.4, 0.5) is 49.1 Å². The van der Waals surface area contributed by atoms with Crippen LogP contribution in [0.2, 0.25) is 0 Å². The fraction of sp³-hybridized carbons (Fsp3) is 0.333. The Bertz CT molecular complexity index is 3040. The van der Waals surface area contributed by atoms with E-state index in [0.717, 1.165) is 86.8 Å². The molecule has 0 saturated carbocycles. The maximum atomic E-state index is 13.3. The topological polar surface area (TPSA) is 138 Å². The summed E-state index contributed by atoms with van der Waals surface area (Å²) in [6.45, 7) is 6.74. The zero-order chi connectivity index (χ0) is 50.5. The number of halogens is 6. The average molecular weight is 993 g/mol. The van der Waals surface area contributed by atoms with Gasteiger partial charge in [-0.1, -0.05) is 36.4 Å². The van der Waals surface area contributed by atoms with Gasteiger partial charge in [0.1, 0.15) is 11.4 Å². The molecular formula is C54H50F6N6O6. The standard InChI is InChI=1S/C54H50F6N6O6/c1-30-3-9-40(63-51(68)36-11-13-61-48(21-36)53(55,56)57)23-42(30)32-6-8-35-18-39(46-28-70-16-15-65(46)44(35)19-32)27-71-50-25-66-45-20-33(5-7-34(45)17-38(26-67)47(66)29-72-50)43-24-41(10-4-31(43)2)64-52(69)37-12-14-62-49(22-37)54(58,59)60/h3-14,19-24,38-39,46-47,50,67H,15-18,25-29H2,1-2H3,(H,63,68)(H,64,69)/t38-,39+,46-,47+,50?/m0/s1. The third-order valence-electron chi connectivity index (χ3n) is 14.2. The van der Waals surface area contributed by atoms with Gasteiger partial charge in [0.15, 0.2) is 6.29 Å². The molecule has 2 amide bonds. The molecule has 5 atom stereocenters. The van der Waals surface area contributed by atoms with E-state index in [1.54, 1.807) is 18.2 Å². The number of carbonyl (C=O) groups excluding carboxylic acids is 2. The number of aliphatic hydroxyl groups excluding tert-OH is 1. The van der Waals surface area contributed by atoms with Gasteiger partial charge >= 0.3 is 12.4 Å². The molecule has 12 nitrogen and oxygen atoms in total. The second-order valence-electron chi connectivity index (χ2n) is 18.8. The van der Waals surface area contributed by atoms with Gasteiger partial charge in [-0.15, -0.1) is 0 Å². The van der Waals surface area contributed by atoms with Gasteiger partial charge in [0.05, 0.1) is 45.1 Å². The van der Waals surface area contributed by atoms with Gasteiger partial charge in [-0.3, -0.25) is 19.6 Å². The Morgan fingerprint density at radius 3 is 1.75 bits per heavy atom. The normalized spacial score (nSPS) is 20.7. The Kier molecular flexibility index (Phi) is 13.3. The van der Waals surface area contributed by atoms with E-state index in [-0.39, 0.29) is 41.7 Å². The Balaban J connectivity index is 0.839. The van der Waals surface area contributed by atoms with E-state index < -0.39 is 41.8 Å². The molecule has 0 bridgehead atoms. The van der Waals surface area contributed by atoms with Gasteiger partial charge in [-0.05, 0) is 132 Å². The highest BCUT2D eigenvalue weighted by molar-refractivity contribution is 6.05. The molecule has 6 heterocycles. The summed E-state index contributed by atoms with van der Waals surface area (Å²) in [5.74, 6) is -1.40. The molecule has 10 rings (SSSR count). The van der Waals surface area contributed by atoms with Crippen molar-refractivity contribution in [3.05, 3.63) is 154 Å². The highest BCUT2D eigenvalue weighted by Crippen LogP contribution is 2.42. The molecule has 1 unspecified atom stereocenters. The van der Waals surface area contributed by atoms with Gasteiger partial charge in [-0.25, -0.2) is 0 Å². The van der Waals surface area contributed by atoms with E-state index >= 15 is 0 Å². The highest BCUT2D eigenvalue weighted by Gasteiger charge is 2.42. The first-order chi connectivity index (χ1) is 34.5. The highest BCUT2D eigenvalue weighted by atomic mass is 19.4. The maximum absolute atomic E-state index is 13.3. The minimum atomic E-state index is -4.69. The van der Waals surface area contributed by atoms with Gasteiger partial charge in [0.25, 0.3) is 11.8 Å². The molecule has 3 N–H and O–H groups in total. The lowest BCUT2D eigenvalue weighted by Gasteiger charge is -2.49. The van der Waals surface area contributed by atoms with E-state index in [0.29, 0.717) is 57.3 Å². The SMILES string of the molecule is Cc1ccc(NC(=O)c2ccnc(C(F)(F)F)c2)cc1-c1ccc2c(c1)N1CC(OC[C@H]3Cc4ccc(-c5cc(NC(=O)c6ccnc(C(F)(F)F)c6)ccc5C)cc4N4CCOC[C@@H]34)OC[C@@H]1[C@H](CO)C2. The fourth-order valence-corrected chi connectivity index (χ4v) is 10.4. The predicted octanol–water partition coefficient (Wildman–Crippen LogP) is 9.76. The molecule has 6 aromatic rings. The van der Waals surface area contributed by atoms with E-state index in [4.69, 9.17) is 14.2 Å². The molecule has 2 saturated heterocycles. The molecule has 4 aliphatic heterocycles. The zero-order valence-corrected chi connectivity index (χ0v) is 39.2. The van der Waals surface area contributed by atoms with E-state index in [1.165, 1.54) is 12.1 Å². The first kappa shape index (κ1) is 48.8. The van der Waals surface area contributed by atoms with Crippen molar-refractivity contribution in [3.8, 4) is 22.3 Å². The number of anilines is 4. The number of pyridine rings is 2. The molecule has 18 heteroatoms. The lowest BCUT2D eigenvalue weighted by atomic mass is 9.84. The summed E-state index contributed by atoms with van der Waals surface area (Å²) in [5, 5.41) is 16.0. The van der Waals surface area contributed by atoms with E-state index in [1.807, 2.05) is 44.2 Å². The van der Waals surface area contributed by atoms with Crippen LogP contribution < -0.4 is 20.4 Å². The number of amides is 2. The van der Waals surface area contributed by atoms with Crippen LogP contribution in [0.25, 0.3) is 22.3 Å². The summed E-state index contributed by atoms with van der Waals surface area (Å²) in [7, 11) is 0. The Hall–Kier alpha value is -6.86. The summed E-state index contributed by atoms with van der Waals surface area (Å²) in [4.78, 5) is 37.5. The molecule has 0 aliphatic carbocycles. The van der Waals surface area contributed by atoms with Crippen LogP contribution in [0.5, 0.6) is 0 Å². The molecule has 2 fully saturated rings. The third kappa shape index (κ3) is 10.0. The smallest absolute Gasteiger partial charge is 0.396 e. The number of hydrogen-bond donors (Lipinski definition) is 3. The van der Waals surface area contributed by atoms with Crippen LogP contribution in [0.3, 0.4) is 0 Å². The number of alkyl halides is 6. The summed E-state index contributed by atoms with van der Waals surface area (Å²) < 4.78 is 99.1. The van der Waals surface area contributed by atoms with Crippen molar-refractivity contribution in [2.45, 2.75) is 57.4 Å². The number of carbonyl (C=O) groups is 2. The summed E-state index contributed by atoms with van der Waals surface area (Å²) >= 11 is 0. The van der Waals surface area contributed by atoms with Crippen molar-refractivity contribution in [2.75, 3.05) is 66.6 Å². The van der Waals surface area contributed by atoms with Gasteiger partial charge in [-0.2, -0.15) is 26.3 Å². The van der Waals surface area contributed by atoms with E-state index in [2.05, 4.69) is 54.7 Å². The second kappa shape index (κ2) is 19.6. The van der Waals surface area contributed by atoms with Crippen LogP contribution in [0.15, 0.2) is 109 Å². The molecule has 4 aromatic carbocycles. The molecule has 2 aromatic heterocycles. The molecule has 4 aliphatic rings. The van der Waals surface area contributed by atoms with Gasteiger partial charge in [0.2, 0.25) is 0 Å². The number of ether oxygens (including phenoxy) is 3. The third-order valence-corrected chi connectivity index (χ3v) is 14.2. The van der Waals surface area contributed by atoms with Crippen molar-refractivity contribution < 1.29 is 55.2 Å². The monoisotopic (exact) mass is 992 g/mol. The van der Waals surface area contributed by atoms with Crippen LogP contribution in [-0.4, -0.2) is 91.4 Å². The number of rotatable bonds is 10. The summed E-state index contributed by atoms with van der Waals surface area (Å²) in [6.07, 6.45) is -6.67. The van der Waals surface area contributed by atoms with Crippen molar-refractivity contribution >= 4 is 34.6 Å². The van der Waals surface area contributed by atoms with Crippen molar-refractivity contribution in [1.82, 2.24) is 9.97 Å². The van der Waals surface area contributed by atoms with Crippen molar-refractivity contribution in [1.29, 1.82) is 0 Å². The number of aliphatic hydroxyl groups is 1. The number of aryl methyl sites for hydroxylation is 2. The maximum Gasteiger partial charge on any atom is 0.433 e. The molecule has 374 valence electrons. The van der Waals surface area contributed by atoms with Crippen LogP contribution in [-0.2, 0) is 39.4 Å². The van der Waals surface area contributed by atoms with Crippen molar-refractivity contribution in [3.63, 3.8) is 0 Å². The molecule has 0 radical (unpaired) electrons. The Morgan fingerprint density at radius 1 is 0.681 bits per heavy atom. The quantitative estimate of drug-likeness (QED) is 0.114. The zero-order valence-electron chi connectivity index (χ0n) is 39.2. The lowest BCUT2D eigenvalue weighted by Crippen LogP contribution is -2.58. The largest absolute Gasteiger partial charge is 0.433 e.